The molecule has 0 aliphatic heterocycles. The van der Waals surface area contributed by atoms with Gasteiger partial charge in [-0.2, -0.15) is 0 Å². The summed E-state index contributed by atoms with van der Waals surface area (Å²) < 4.78 is 0. The summed E-state index contributed by atoms with van der Waals surface area (Å²) in [6.45, 7) is 4.29. The topological polar surface area (TPSA) is 88.0 Å². The van der Waals surface area contributed by atoms with E-state index < -0.39 is 5.97 Å². The minimum Gasteiger partial charge on any atom is -0.478 e. The second kappa shape index (κ2) is 5.75. The number of hydrogen-bond donors (Lipinski definition) is 2. The van der Waals surface area contributed by atoms with Crippen LogP contribution in [0.5, 0.6) is 0 Å². The Morgan fingerprint density at radius 2 is 2.21 bits per heavy atom. The van der Waals surface area contributed by atoms with Gasteiger partial charge < -0.3 is 10.4 Å². The SMILES string of the molecule is Cc1nc(CCNc2ncc(C(=O)O)c(C)n2)cs1. The van der Waals surface area contributed by atoms with Crippen molar-refractivity contribution in [3.05, 3.63) is 33.5 Å². The zero-order chi connectivity index (χ0) is 13.8. The third kappa shape index (κ3) is 3.47. The van der Waals surface area contributed by atoms with E-state index in [9.17, 15) is 4.79 Å². The van der Waals surface area contributed by atoms with Crippen molar-refractivity contribution in [2.24, 2.45) is 0 Å². The van der Waals surface area contributed by atoms with E-state index in [4.69, 9.17) is 5.11 Å². The Labute approximate surface area is 114 Å². The van der Waals surface area contributed by atoms with Crippen LogP contribution in [0.15, 0.2) is 11.6 Å². The first-order valence-corrected chi connectivity index (χ1v) is 6.66. The lowest BCUT2D eigenvalue weighted by atomic mass is 10.2. The van der Waals surface area contributed by atoms with Gasteiger partial charge >= 0.3 is 5.97 Å². The number of aromatic nitrogens is 3. The summed E-state index contributed by atoms with van der Waals surface area (Å²) in [6.07, 6.45) is 2.10. The lowest BCUT2D eigenvalue weighted by Gasteiger charge is -2.05. The summed E-state index contributed by atoms with van der Waals surface area (Å²) >= 11 is 1.62. The Bertz CT molecular complexity index is 597. The number of nitrogens with one attached hydrogen (secondary N) is 1. The number of thiazole rings is 1. The smallest absolute Gasteiger partial charge is 0.339 e. The van der Waals surface area contributed by atoms with Crippen LogP contribution in [0.2, 0.25) is 0 Å². The van der Waals surface area contributed by atoms with Gasteiger partial charge in [0.2, 0.25) is 5.95 Å². The third-order valence-corrected chi connectivity index (χ3v) is 3.36. The molecule has 0 saturated heterocycles. The molecular weight excluding hydrogens is 264 g/mol. The van der Waals surface area contributed by atoms with Crippen molar-refractivity contribution in [2.45, 2.75) is 20.3 Å². The Hall–Kier alpha value is -2.02. The van der Waals surface area contributed by atoms with E-state index in [1.165, 1.54) is 6.20 Å². The summed E-state index contributed by atoms with van der Waals surface area (Å²) in [7, 11) is 0. The third-order valence-electron chi connectivity index (χ3n) is 2.54. The number of carboxylic acids is 1. The van der Waals surface area contributed by atoms with Crippen LogP contribution in [-0.4, -0.2) is 32.6 Å². The molecule has 0 saturated carbocycles. The molecule has 0 bridgehead atoms. The predicted octanol–water partition coefficient (Wildman–Crippen LogP) is 1.90. The van der Waals surface area contributed by atoms with E-state index >= 15 is 0 Å². The van der Waals surface area contributed by atoms with E-state index in [2.05, 4.69) is 20.3 Å². The number of carboxylic acid groups (broad SMARTS) is 1. The molecule has 2 N–H and O–H groups in total. The molecule has 2 rings (SSSR count). The molecule has 0 spiro atoms. The number of nitrogens with zero attached hydrogens (tertiary/aromatic N) is 3. The quantitative estimate of drug-likeness (QED) is 0.868. The molecule has 7 heteroatoms. The molecule has 0 fully saturated rings. The van der Waals surface area contributed by atoms with Gasteiger partial charge in [-0.05, 0) is 13.8 Å². The van der Waals surface area contributed by atoms with Crippen LogP contribution < -0.4 is 5.32 Å². The number of aryl methyl sites for hydroxylation is 2. The maximum absolute atomic E-state index is 10.8. The highest BCUT2D eigenvalue weighted by molar-refractivity contribution is 7.09. The number of anilines is 1. The van der Waals surface area contributed by atoms with Gasteiger partial charge in [-0.1, -0.05) is 0 Å². The van der Waals surface area contributed by atoms with Gasteiger partial charge in [0.05, 0.1) is 22.0 Å². The van der Waals surface area contributed by atoms with Crippen molar-refractivity contribution < 1.29 is 9.90 Å². The van der Waals surface area contributed by atoms with Gasteiger partial charge in [-0.25, -0.2) is 19.7 Å². The predicted molar refractivity (Wildman–Crippen MR) is 72.8 cm³/mol. The van der Waals surface area contributed by atoms with Crippen molar-refractivity contribution in [2.75, 3.05) is 11.9 Å². The molecule has 2 aromatic heterocycles. The number of aromatic carboxylic acids is 1. The molecule has 0 atom stereocenters. The van der Waals surface area contributed by atoms with E-state index in [0.717, 1.165) is 17.1 Å². The van der Waals surface area contributed by atoms with E-state index in [-0.39, 0.29) is 5.56 Å². The monoisotopic (exact) mass is 278 g/mol. The maximum atomic E-state index is 10.8. The highest BCUT2D eigenvalue weighted by Crippen LogP contribution is 2.09. The molecule has 0 aliphatic carbocycles. The molecule has 2 heterocycles. The van der Waals surface area contributed by atoms with Crippen molar-refractivity contribution in [3.63, 3.8) is 0 Å². The van der Waals surface area contributed by atoms with Crippen molar-refractivity contribution >= 4 is 23.3 Å². The lowest BCUT2D eigenvalue weighted by Crippen LogP contribution is -2.11. The fourth-order valence-electron chi connectivity index (χ4n) is 1.59. The van der Waals surface area contributed by atoms with Crippen LogP contribution in [0.4, 0.5) is 5.95 Å². The van der Waals surface area contributed by atoms with E-state index in [1.807, 2.05) is 12.3 Å². The number of carbonyl (C=O) groups is 1. The highest BCUT2D eigenvalue weighted by Gasteiger charge is 2.09. The minimum absolute atomic E-state index is 0.126. The van der Waals surface area contributed by atoms with Gasteiger partial charge in [0, 0.05) is 24.5 Å². The summed E-state index contributed by atoms with van der Waals surface area (Å²) in [6, 6.07) is 0. The second-order valence-electron chi connectivity index (χ2n) is 4.03. The van der Waals surface area contributed by atoms with Crippen molar-refractivity contribution in [3.8, 4) is 0 Å². The summed E-state index contributed by atoms with van der Waals surface area (Å²) in [5.74, 6) is -0.573. The second-order valence-corrected chi connectivity index (χ2v) is 5.09. The molecule has 0 aliphatic rings. The fraction of sp³-hybridized carbons (Fsp3) is 0.333. The summed E-state index contributed by atoms with van der Waals surface area (Å²) in [5.41, 5.74) is 1.61. The molecule has 0 amide bonds. The van der Waals surface area contributed by atoms with Gasteiger partial charge in [0.25, 0.3) is 0 Å². The first kappa shape index (κ1) is 13.4. The Morgan fingerprint density at radius 3 is 2.79 bits per heavy atom. The molecule has 2 aromatic rings. The fourth-order valence-corrected chi connectivity index (χ4v) is 2.23. The van der Waals surface area contributed by atoms with E-state index in [0.29, 0.717) is 18.2 Å². The first-order chi connectivity index (χ1) is 9.06. The van der Waals surface area contributed by atoms with Crippen LogP contribution >= 0.6 is 11.3 Å². The standard InChI is InChI=1S/C12H14N4O2S/c1-7-10(11(17)18)5-14-12(15-7)13-4-3-9-6-19-8(2)16-9/h5-6H,3-4H2,1-2H3,(H,17,18)(H,13,14,15). The molecule has 100 valence electrons. The lowest BCUT2D eigenvalue weighted by molar-refractivity contribution is 0.0695. The average Bonchev–Trinajstić information content (AvgIpc) is 2.75. The normalized spacial score (nSPS) is 10.4. The Balaban J connectivity index is 1.93. The molecule has 0 aromatic carbocycles. The summed E-state index contributed by atoms with van der Waals surface area (Å²) in [5, 5.41) is 15.0. The van der Waals surface area contributed by atoms with Crippen molar-refractivity contribution in [1.29, 1.82) is 0 Å². The van der Waals surface area contributed by atoms with Crippen LogP contribution in [0.1, 0.15) is 26.8 Å². The largest absolute Gasteiger partial charge is 0.478 e. The van der Waals surface area contributed by atoms with Crippen LogP contribution in [0.25, 0.3) is 0 Å². The zero-order valence-corrected chi connectivity index (χ0v) is 11.5. The van der Waals surface area contributed by atoms with Crippen molar-refractivity contribution in [1.82, 2.24) is 15.0 Å². The summed E-state index contributed by atoms with van der Waals surface area (Å²) in [4.78, 5) is 23.3. The van der Waals surface area contributed by atoms with E-state index in [1.54, 1.807) is 18.3 Å². The first-order valence-electron chi connectivity index (χ1n) is 5.78. The van der Waals surface area contributed by atoms with Gasteiger partial charge in [-0.3, -0.25) is 0 Å². The average molecular weight is 278 g/mol. The van der Waals surface area contributed by atoms with Crippen LogP contribution in [0, 0.1) is 13.8 Å². The van der Waals surface area contributed by atoms with Gasteiger partial charge in [-0.15, -0.1) is 11.3 Å². The van der Waals surface area contributed by atoms with Crippen LogP contribution in [0.3, 0.4) is 0 Å². The maximum Gasteiger partial charge on any atom is 0.339 e. The molecule has 0 unspecified atom stereocenters. The number of rotatable bonds is 5. The van der Waals surface area contributed by atoms with Gasteiger partial charge in [0.1, 0.15) is 0 Å². The molecule has 19 heavy (non-hydrogen) atoms. The number of hydrogen-bond acceptors (Lipinski definition) is 6. The molecule has 0 radical (unpaired) electrons. The Morgan fingerprint density at radius 1 is 1.42 bits per heavy atom. The minimum atomic E-state index is -1.01. The zero-order valence-electron chi connectivity index (χ0n) is 10.7. The molecular formula is C12H14N4O2S. The van der Waals surface area contributed by atoms with Gasteiger partial charge in [0.15, 0.2) is 0 Å². The molecule has 6 nitrogen and oxygen atoms in total. The highest BCUT2D eigenvalue weighted by atomic mass is 32.1. The van der Waals surface area contributed by atoms with Crippen LogP contribution in [-0.2, 0) is 6.42 Å². The Kier molecular flexibility index (Phi) is 4.06.